The summed E-state index contributed by atoms with van der Waals surface area (Å²) in [6, 6.07) is 15.5. The van der Waals surface area contributed by atoms with Crippen LogP contribution >= 0.6 is 11.6 Å². The second-order valence-corrected chi connectivity index (χ2v) is 6.69. The number of rotatable bonds is 8. The molecule has 0 radical (unpaired) electrons. The molecule has 26 heavy (non-hydrogen) atoms. The molecule has 0 aromatic heterocycles. The van der Waals surface area contributed by atoms with Gasteiger partial charge in [-0.05, 0) is 36.6 Å². The molecular weight excluding hydrogens is 350 g/mol. The van der Waals surface area contributed by atoms with Crippen LogP contribution in [0.4, 0.5) is 0 Å². The van der Waals surface area contributed by atoms with Crippen molar-refractivity contribution in [3.63, 3.8) is 0 Å². The van der Waals surface area contributed by atoms with Gasteiger partial charge in [0.15, 0.2) is 0 Å². The maximum Gasteiger partial charge on any atom is 0.307 e. The van der Waals surface area contributed by atoms with E-state index in [1.165, 1.54) is 12.7 Å². The second kappa shape index (κ2) is 9.97. The maximum absolute atomic E-state index is 12.7. The molecule has 0 saturated heterocycles. The number of amides is 1. The summed E-state index contributed by atoms with van der Waals surface area (Å²) in [5, 5.41) is 0.653. The van der Waals surface area contributed by atoms with Gasteiger partial charge in [-0.15, -0.1) is 0 Å². The molecule has 0 heterocycles. The molecule has 4 nitrogen and oxygen atoms in total. The molecule has 0 spiro atoms. The summed E-state index contributed by atoms with van der Waals surface area (Å²) >= 11 is 5.92. The normalized spacial score (nSPS) is 10.4. The lowest BCUT2D eigenvalue weighted by molar-refractivity contribution is -0.141. The van der Waals surface area contributed by atoms with E-state index >= 15 is 0 Å². The number of hydrogen-bond acceptors (Lipinski definition) is 3. The molecule has 0 N–H and O–H groups in total. The fourth-order valence-electron chi connectivity index (χ4n) is 2.59. The Hall–Kier alpha value is -2.33. The van der Waals surface area contributed by atoms with Crippen LogP contribution in [0.25, 0.3) is 0 Å². The van der Waals surface area contributed by atoms with Crippen LogP contribution in [-0.2, 0) is 27.3 Å². The van der Waals surface area contributed by atoms with Gasteiger partial charge in [0.2, 0.25) is 5.91 Å². The zero-order valence-electron chi connectivity index (χ0n) is 15.2. The lowest BCUT2D eigenvalue weighted by atomic mass is 10.1. The summed E-state index contributed by atoms with van der Waals surface area (Å²) in [6.45, 7) is 2.82. The summed E-state index contributed by atoms with van der Waals surface area (Å²) in [5.74, 6) is -0.304. The minimum atomic E-state index is -0.322. The summed E-state index contributed by atoms with van der Waals surface area (Å²) < 4.78 is 4.69. The van der Waals surface area contributed by atoms with E-state index in [1.807, 2.05) is 43.3 Å². The molecular formula is C21H24ClNO3. The van der Waals surface area contributed by atoms with Crippen LogP contribution < -0.4 is 0 Å². The number of esters is 1. The molecule has 0 unspecified atom stereocenters. The molecule has 0 fully saturated rings. The number of methoxy groups -OCH3 is 1. The van der Waals surface area contributed by atoms with Crippen LogP contribution in [0.5, 0.6) is 0 Å². The molecule has 138 valence electrons. The Kier molecular flexibility index (Phi) is 7.67. The van der Waals surface area contributed by atoms with Gasteiger partial charge in [0.25, 0.3) is 0 Å². The van der Waals surface area contributed by atoms with Gasteiger partial charge >= 0.3 is 5.97 Å². The topological polar surface area (TPSA) is 46.6 Å². The molecule has 0 saturated carbocycles. The maximum atomic E-state index is 12.7. The van der Waals surface area contributed by atoms with Gasteiger partial charge < -0.3 is 9.64 Å². The zero-order valence-corrected chi connectivity index (χ0v) is 16.0. The van der Waals surface area contributed by atoms with Crippen molar-refractivity contribution in [2.75, 3.05) is 13.7 Å². The highest BCUT2D eigenvalue weighted by molar-refractivity contribution is 6.30. The molecule has 0 aliphatic carbocycles. The predicted octanol–water partition coefficient (Wildman–Crippen LogP) is 4.17. The van der Waals surface area contributed by atoms with Crippen LogP contribution in [0.2, 0.25) is 5.02 Å². The van der Waals surface area contributed by atoms with E-state index in [4.69, 9.17) is 16.3 Å². The van der Waals surface area contributed by atoms with E-state index in [1.54, 1.807) is 17.0 Å². The first-order valence-corrected chi connectivity index (χ1v) is 9.00. The van der Waals surface area contributed by atoms with Crippen molar-refractivity contribution in [3.8, 4) is 0 Å². The van der Waals surface area contributed by atoms with Crippen LogP contribution in [0.1, 0.15) is 29.5 Å². The van der Waals surface area contributed by atoms with E-state index in [0.29, 0.717) is 31.0 Å². The number of carbonyl (C=O) groups is 2. The van der Waals surface area contributed by atoms with Crippen molar-refractivity contribution >= 4 is 23.5 Å². The first kappa shape index (κ1) is 20.0. The van der Waals surface area contributed by atoms with Gasteiger partial charge in [-0.3, -0.25) is 9.59 Å². The Labute approximate surface area is 159 Å². The molecule has 2 aromatic carbocycles. The Morgan fingerprint density at radius 3 is 2.19 bits per heavy atom. The van der Waals surface area contributed by atoms with Gasteiger partial charge in [-0.1, -0.05) is 53.6 Å². The minimum Gasteiger partial charge on any atom is -0.469 e. The van der Waals surface area contributed by atoms with E-state index in [-0.39, 0.29) is 18.3 Å². The minimum absolute atomic E-state index is 0.0180. The highest BCUT2D eigenvalue weighted by Gasteiger charge is 2.16. The third-order valence-electron chi connectivity index (χ3n) is 4.20. The number of carbonyl (C=O) groups excluding carboxylic acids is 2. The standard InChI is InChI=1S/C21H24ClNO3/c1-16-3-5-17(6-4-16)9-12-20(24)23(14-13-21(25)26-2)15-18-7-10-19(22)11-8-18/h3-8,10-11H,9,12-15H2,1-2H3. The van der Waals surface area contributed by atoms with Crippen molar-refractivity contribution in [3.05, 3.63) is 70.2 Å². The van der Waals surface area contributed by atoms with Crippen LogP contribution in [0, 0.1) is 6.92 Å². The first-order valence-electron chi connectivity index (χ1n) is 8.62. The highest BCUT2D eigenvalue weighted by atomic mass is 35.5. The quantitative estimate of drug-likeness (QED) is 0.652. The van der Waals surface area contributed by atoms with E-state index in [9.17, 15) is 9.59 Å². The number of hydrogen-bond donors (Lipinski definition) is 0. The fourth-order valence-corrected chi connectivity index (χ4v) is 2.72. The van der Waals surface area contributed by atoms with Gasteiger partial charge in [-0.2, -0.15) is 0 Å². The third-order valence-corrected chi connectivity index (χ3v) is 4.45. The number of nitrogens with zero attached hydrogens (tertiary/aromatic N) is 1. The summed E-state index contributed by atoms with van der Waals surface area (Å²) in [7, 11) is 1.35. The van der Waals surface area contributed by atoms with Gasteiger partial charge in [0.1, 0.15) is 0 Å². The summed E-state index contributed by atoms with van der Waals surface area (Å²) in [5.41, 5.74) is 3.30. The molecule has 0 aliphatic rings. The van der Waals surface area contributed by atoms with Crippen molar-refractivity contribution in [2.24, 2.45) is 0 Å². The molecule has 0 bridgehead atoms. The van der Waals surface area contributed by atoms with Crippen LogP contribution in [-0.4, -0.2) is 30.4 Å². The third kappa shape index (κ3) is 6.52. The average molecular weight is 374 g/mol. The Morgan fingerprint density at radius 2 is 1.58 bits per heavy atom. The molecule has 1 amide bonds. The predicted molar refractivity (Wildman–Crippen MR) is 103 cm³/mol. The van der Waals surface area contributed by atoms with Crippen molar-refractivity contribution in [2.45, 2.75) is 32.7 Å². The van der Waals surface area contributed by atoms with Crippen molar-refractivity contribution in [1.82, 2.24) is 4.90 Å². The number of ether oxygens (including phenoxy) is 1. The fraction of sp³-hybridized carbons (Fsp3) is 0.333. The highest BCUT2D eigenvalue weighted by Crippen LogP contribution is 2.14. The van der Waals surface area contributed by atoms with Crippen molar-refractivity contribution < 1.29 is 14.3 Å². The van der Waals surface area contributed by atoms with Gasteiger partial charge in [-0.25, -0.2) is 0 Å². The molecule has 2 aromatic rings. The molecule has 0 aliphatic heterocycles. The smallest absolute Gasteiger partial charge is 0.307 e. The van der Waals surface area contributed by atoms with E-state index in [2.05, 4.69) is 0 Å². The summed E-state index contributed by atoms with van der Waals surface area (Å²) in [6.07, 6.45) is 1.26. The first-order chi connectivity index (χ1) is 12.5. The Bertz CT molecular complexity index is 726. The number of halogens is 1. The van der Waals surface area contributed by atoms with Crippen molar-refractivity contribution in [1.29, 1.82) is 0 Å². The average Bonchev–Trinajstić information content (AvgIpc) is 2.65. The SMILES string of the molecule is COC(=O)CCN(Cc1ccc(Cl)cc1)C(=O)CCc1ccc(C)cc1. The molecule has 5 heteroatoms. The molecule has 2 rings (SSSR count). The Balaban J connectivity index is 2.00. The lowest BCUT2D eigenvalue weighted by Gasteiger charge is -2.22. The zero-order chi connectivity index (χ0) is 18.9. The number of aryl methyl sites for hydroxylation is 2. The van der Waals surface area contributed by atoms with E-state index in [0.717, 1.165) is 11.1 Å². The largest absolute Gasteiger partial charge is 0.469 e. The van der Waals surface area contributed by atoms with Crippen LogP contribution in [0.3, 0.4) is 0 Å². The second-order valence-electron chi connectivity index (χ2n) is 6.25. The number of benzene rings is 2. The van der Waals surface area contributed by atoms with Crippen LogP contribution in [0.15, 0.2) is 48.5 Å². The van der Waals surface area contributed by atoms with Gasteiger partial charge in [0, 0.05) is 24.5 Å². The monoisotopic (exact) mass is 373 g/mol. The summed E-state index contributed by atoms with van der Waals surface area (Å²) in [4.78, 5) is 25.9. The molecule has 0 atom stereocenters. The van der Waals surface area contributed by atoms with Gasteiger partial charge in [0.05, 0.1) is 13.5 Å². The van der Waals surface area contributed by atoms with E-state index < -0.39 is 0 Å². The Morgan fingerprint density at radius 1 is 0.962 bits per heavy atom. The lowest BCUT2D eigenvalue weighted by Crippen LogP contribution is -2.33.